The number of hydrogen-bond acceptors (Lipinski definition) is 2. The Labute approximate surface area is 84.9 Å². The molecule has 0 spiro atoms. The number of hydrogen-bond donors (Lipinski definition) is 0. The van der Waals surface area contributed by atoms with Crippen molar-refractivity contribution in [1.29, 1.82) is 0 Å². The van der Waals surface area contributed by atoms with Crippen molar-refractivity contribution in [1.82, 2.24) is 3.93 Å². The summed E-state index contributed by atoms with van der Waals surface area (Å²) in [6, 6.07) is 0. The fourth-order valence-electron chi connectivity index (χ4n) is 0.549. The van der Waals surface area contributed by atoms with Gasteiger partial charge in [0.25, 0.3) is 0 Å². The van der Waals surface area contributed by atoms with Gasteiger partial charge in [0.05, 0.1) is 16.1 Å². The molecule has 1 fully saturated rings. The number of imide groups is 1. The molecule has 0 N–H and O–H groups in total. The molecular weight excluding hydrogens is 197 g/mol. The molecule has 3 nitrogen and oxygen atoms in total. The molecule has 0 aromatic rings. The zero-order chi connectivity index (χ0) is 6.15. The zero-order valence-electron chi connectivity index (χ0n) is 6.06. The first-order valence-corrected chi connectivity index (χ1v) is 2.94. The van der Waals surface area contributed by atoms with E-state index in [0.717, 1.165) is 3.93 Å². The van der Waals surface area contributed by atoms with E-state index in [1.54, 1.807) is 0 Å². The van der Waals surface area contributed by atoms with E-state index in [4.69, 9.17) is 0 Å². The van der Waals surface area contributed by atoms with Crippen molar-refractivity contribution in [3.63, 3.8) is 0 Å². The van der Waals surface area contributed by atoms with Crippen molar-refractivity contribution in [2.75, 3.05) is 0 Å². The van der Waals surface area contributed by atoms with Crippen molar-refractivity contribution in [2.24, 2.45) is 0 Å². The number of rotatable bonds is 0. The Balaban J connectivity index is 0. The molecule has 1 rings (SSSR count). The van der Waals surface area contributed by atoms with Gasteiger partial charge in [0, 0.05) is 12.8 Å². The van der Waals surface area contributed by atoms with Gasteiger partial charge in [0.15, 0.2) is 0 Å². The summed E-state index contributed by atoms with van der Waals surface area (Å²) in [6.45, 7) is 0. The quantitative estimate of drug-likeness (QED) is 0.248. The minimum Gasteiger partial charge on any atom is -1.00 e. The van der Waals surface area contributed by atoms with Gasteiger partial charge in [-0.2, -0.15) is 0 Å². The number of halogens is 1. The number of carbonyl (C=O) groups is 2. The van der Waals surface area contributed by atoms with Gasteiger partial charge in [-0.15, -0.1) is 0 Å². The van der Waals surface area contributed by atoms with Crippen LogP contribution in [0.2, 0.25) is 0 Å². The first-order chi connectivity index (χ1) is 3.72. The maximum Gasteiger partial charge on any atom is 1.00 e. The van der Waals surface area contributed by atoms with Crippen LogP contribution < -0.4 is 29.6 Å². The average Bonchev–Trinajstić information content (AvgIpc) is 1.98. The van der Waals surface area contributed by atoms with E-state index in [-0.39, 0.29) is 42.8 Å². The topological polar surface area (TPSA) is 37.4 Å². The maximum absolute atomic E-state index is 10.4. The smallest absolute Gasteiger partial charge is 1.00 e. The molecule has 0 aliphatic carbocycles. The van der Waals surface area contributed by atoms with E-state index in [1.165, 1.54) is 0 Å². The van der Waals surface area contributed by atoms with Gasteiger partial charge in [-0.05, 0) is 0 Å². The Hall–Kier alpha value is 0.620. The number of nitrogens with zero attached hydrogens (tertiary/aromatic N) is 1. The van der Waals surface area contributed by atoms with E-state index in [0.29, 0.717) is 12.8 Å². The van der Waals surface area contributed by atoms with Crippen LogP contribution in [0.1, 0.15) is 14.3 Å². The van der Waals surface area contributed by atoms with Gasteiger partial charge in [-0.1, -0.05) is 0 Å². The Kier molecular flexibility index (Phi) is 3.96. The summed E-state index contributed by atoms with van der Waals surface area (Å²) in [4.78, 5) is 20.9. The molecule has 0 bridgehead atoms. The van der Waals surface area contributed by atoms with Crippen LogP contribution in [0, 0.1) is 0 Å². The molecule has 1 aliphatic rings. The van der Waals surface area contributed by atoms with Gasteiger partial charge in [-0.25, -0.2) is 3.93 Å². The van der Waals surface area contributed by atoms with Crippen LogP contribution in [-0.4, -0.2) is 15.7 Å². The molecule has 1 aliphatic heterocycles. The van der Waals surface area contributed by atoms with Crippen molar-refractivity contribution >= 4 is 28.0 Å². The molecule has 0 aromatic carbocycles. The summed E-state index contributed by atoms with van der Waals surface area (Å²) in [7, 11) is 0. The molecule has 1 heterocycles. The fourth-order valence-corrected chi connectivity index (χ4v) is 0.904. The summed E-state index contributed by atoms with van der Waals surface area (Å²) in [6.07, 6.45) is 0.703. The van der Waals surface area contributed by atoms with Crippen LogP contribution >= 0.6 is 16.1 Å². The Bertz CT molecular complexity index is 138. The predicted molar refractivity (Wildman–Crippen MR) is 31.1 cm³/mol. The molecule has 0 atom stereocenters. The Morgan fingerprint density at radius 1 is 1.33 bits per heavy atom. The van der Waals surface area contributed by atoms with E-state index >= 15 is 0 Å². The molecule has 0 radical (unpaired) electrons. The third-order valence-electron chi connectivity index (χ3n) is 0.991. The molecule has 5 heteroatoms. The standard InChI is InChI=1S/C4H4BrNO2.Na.H/c5-6-3(7)1-2-4(6)8;;/h1-2H2;;/q;+1;-1. The molecule has 0 aromatic heterocycles. The second kappa shape index (κ2) is 3.71. The summed E-state index contributed by atoms with van der Waals surface area (Å²) in [5.74, 6) is -0.287. The van der Waals surface area contributed by atoms with Crippen LogP contribution in [0.15, 0.2) is 0 Å². The van der Waals surface area contributed by atoms with Crippen LogP contribution in [-0.2, 0) is 9.59 Å². The van der Waals surface area contributed by atoms with Crippen molar-refractivity contribution < 1.29 is 40.6 Å². The van der Waals surface area contributed by atoms with E-state index in [9.17, 15) is 9.59 Å². The predicted octanol–water partition coefficient (Wildman–Crippen LogP) is -2.44. The van der Waals surface area contributed by atoms with Gasteiger partial charge in [-0.3, -0.25) is 9.59 Å². The van der Waals surface area contributed by atoms with Gasteiger partial charge >= 0.3 is 29.6 Å². The fraction of sp³-hybridized carbons (Fsp3) is 0.500. The SMILES string of the molecule is O=C1CCC(=O)N1Br.[H-].[Na+]. The summed E-state index contributed by atoms with van der Waals surface area (Å²) in [5, 5.41) is 0. The minimum absolute atomic E-state index is 0. The van der Waals surface area contributed by atoms with Gasteiger partial charge in [0.2, 0.25) is 11.8 Å². The molecular formula is C4H5BrNNaO2. The monoisotopic (exact) mass is 201 g/mol. The summed E-state index contributed by atoms with van der Waals surface area (Å²) in [5.41, 5.74) is 0. The summed E-state index contributed by atoms with van der Waals surface area (Å²) >= 11 is 2.80. The number of amides is 2. The zero-order valence-corrected chi connectivity index (χ0v) is 8.64. The molecule has 1 saturated heterocycles. The molecule has 2 amide bonds. The third-order valence-corrected chi connectivity index (χ3v) is 1.78. The van der Waals surface area contributed by atoms with Crippen LogP contribution in [0.5, 0.6) is 0 Å². The molecule has 46 valence electrons. The second-order valence-corrected chi connectivity index (χ2v) is 2.28. The summed E-state index contributed by atoms with van der Waals surface area (Å²) < 4.78 is 0.979. The van der Waals surface area contributed by atoms with Crippen LogP contribution in [0.4, 0.5) is 0 Å². The third kappa shape index (κ3) is 2.04. The van der Waals surface area contributed by atoms with Crippen LogP contribution in [0.25, 0.3) is 0 Å². The van der Waals surface area contributed by atoms with Crippen molar-refractivity contribution in [3.05, 3.63) is 0 Å². The first-order valence-electron chi connectivity index (χ1n) is 2.23. The van der Waals surface area contributed by atoms with Gasteiger partial charge in [0.1, 0.15) is 0 Å². The Morgan fingerprint density at radius 2 is 1.67 bits per heavy atom. The molecule has 9 heavy (non-hydrogen) atoms. The molecule has 0 saturated carbocycles. The largest absolute Gasteiger partial charge is 1.00 e. The molecule has 0 unspecified atom stereocenters. The van der Waals surface area contributed by atoms with Gasteiger partial charge < -0.3 is 1.43 Å². The minimum atomic E-state index is -0.144. The van der Waals surface area contributed by atoms with E-state index in [1.807, 2.05) is 0 Å². The normalized spacial score (nSPS) is 18.1. The maximum atomic E-state index is 10.4. The average molecular weight is 202 g/mol. The number of carbonyl (C=O) groups excluding carboxylic acids is 2. The van der Waals surface area contributed by atoms with E-state index < -0.39 is 0 Å². The first kappa shape index (κ1) is 9.62. The Morgan fingerprint density at radius 3 is 1.78 bits per heavy atom. The van der Waals surface area contributed by atoms with Crippen molar-refractivity contribution in [3.8, 4) is 0 Å². The second-order valence-electron chi connectivity index (χ2n) is 1.57. The van der Waals surface area contributed by atoms with E-state index in [2.05, 4.69) is 16.1 Å². The van der Waals surface area contributed by atoms with Crippen LogP contribution in [0.3, 0.4) is 0 Å². The van der Waals surface area contributed by atoms with Crippen molar-refractivity contribution in [2.45, 2.75) is 12.8 Å².